The molecule has 2 heterocycles. The molecule has 120 valence electrons. The topological polar surface area (TPSA) is 55.6 Å². The summed E-state index contributed by atoms with van der Waals surface area (Å²) in [6, 6.07) is 8.55. The summed E-state index contributed by atoms with van der Waals surface area (Å²) in [6.07, 6.45) is 5.53. The van der Waals surface area contributed by atoms with E-state index in [1.165, 1.54) is 17.1 Å². The van der Waals surface area contributed by atoms with Gasteiger partial charge in [-0.25, -0.2) is 9.97 Å². The van der Waals surface area contributed by atoms with Gasteiger partial charge in [-0.3, -0.25) is 0 Å². The van der Waals surface area contributed by atoms with Crippen LogP contribution in [0.4, 0.5) is 5.13 Å². The summed E-state index contributed by atoms with van der Waals surface area (Å²) in [6.45, 7) is 8.50. The molecule has 0 saturated carbocycles. The molecule has 1 N–H and O–H groups in total. The van der Waals surface area contributed by atoms with Crippen LogP contribution in [0.1, 0.15) is 45.1 Å². The molecule has 0 aliphatic rings. The second kappa shape index (κ2) is 6.12. The molecule has 6 heteroatoms. The molecular weight excluding hydrogens is 306 g/mol. The van der Waals surface area contributed by atoms with Gasteiger partial charge in [-0.15, -0.1) is 0 Å². The Hall–Kier alpha value is -2.21. The van der Waals surface area contributed by atoms with Gasteiger partial charge in [0, 0.05) is 35.0 Å². The Kier molecular flexibility index (Phi) is 4.17. The van der Waals surface area contributed by atoms with E-state index in [-0.39, 0.29) is 11.5 Å². The molecule has 0 radical (unpaired) electrons. The zero-order valence-corrected chi connectivity index (χ0v) is 14.6. The van der Waals surface area contributed by atoms with Gasteiger partial charge in [-0.2, -0.15) is 4.37 Å². The van der Waals surface area contributed by atoms with Gasteiger partial charge in [0.2, 0.25) is 5.13 Å². The van der Waals surface area contributed by atoms with Gasteiger partial charge in [0.1, 0.15) is 5.82 Å². The van der Waals surface area contributed by atoms with Crippen molar-refractivity contribution in [2.75, 3.05) is 5.32 Å². The van der Waals surface area contributed by atoms with E-state index in [1.54, 1.807) is 12.5 Å². The van der Waals surface area contributed by atoms with Crippen molar-refractivity contribution >= 4 is 16.7 Å². The highest BCUT2D eigenvalue weighted by atomic mass is 32.1. The van der Waals surface area contributed by atoms with Crippen LogP contribution in [0.3, 0.4) is 0 Å². The van der Waals surface area contributed by atoms with Gasteiger partial charge < -0.3 is 9.88 Å². The lowest BCUT2D eigenvalue weighted by Crippen LogP contribution is -2.13. The summed E-state index contributed by atoms with van der Waals surface area (Å²) < 4.78 is 6.45. The van der Waals surface area contributed by atoms with Crippen molar-refractivity contribution in [1.29, 1.82) is 0 Å². The average Bonchev–Trinajstić information content (AvgIpc) is 3.18. The molecule has 3 rings (SSSR count). The monoisotopic (exact) mass is 327 g/mol. The van der Waals surface area contributed by atoms with E-state index in [2.05, 4.69) is 71.6 Å². The molecule has 0 fully saturated rings. The summed E-state index contributed by atoms with van der Waals surface area (Å²) in [5.41, 5.74) is 2.27. The number of rotatable bonds is 4. The van der Waals surface area contributed by atoms with Gasteiger partial charge >= 0.3 is 0 Å². The van der Waals surface area contributed by atoms with Crippen LogP contribution in [0.2, 0.25) is 0 Å². The minimum absolute atomic E-state index is 0.0268. The lowest BCUT2D eigenvalue weighted by atomic mass is 9.96. The third-order valence-electron chi connectivity index (χ3n) is 3.61. The Bertz CT molecular complexity index is 770. The highest BCUT2D eigenvalue weighted by Gasteiger charge is 2.20. The third-order valence-corrected chi connectivity index (χ3v) is 4.26. The molecule has 0 aliphatic carbocycles. The zero-order valence-electron chi connectivity index (χ0n) is 13.8. The molecule has 0 spiro atoms. The first-order valence-electron chi connectivity index (χ1n) is 7.62. The maximum Gasteiger partial charge on any atom is 0.203 e. The maximum absolute atomic E-state index is 4.60. The number of hydrogen-bond acceptors (Lipinski definition) is 5. The molecule has 0 amide bonds. The molecule has 3 aromatic rings. The van der Waals surface area contributed by atoms with Gasteiger partial charge in [0.15, 0.2) is 0 Å². The summed E-state index contributed by atoms with van der Waals surface area (Å²) in [7, 11) is 0. The SMILES string of the molecule is CC(Nc1nc(C(C)(C)C)ns1)c1cccc(-n2ccnc2)c1. The molecular formula is C17H21N5S. The van der Waals surface area contributed by atoms with Crippen LogP contribution in [0.15, 0.2) is 43.0 Å². The first kappa shape index (κ1) is 15.7. The highest BCUT2D eigenvalue weighted by Crippen LogP contribution is 2.26. The summed E-state index contributed by atoms with van der Waals surface area (Å²) in [5.74, 6) is 0.879. The van der Waals surface area contributed by atoms with E-state index >= 15 is 0 Å². The molecule has 1 aromatic carbocycles. The second-order valence-corrected chi connectivity index (χ2v) is 7.36. The maximum atomic E-state index is 4.60. The number of hydrogen-bond donors (Lipinski definition) is 1. The lowest BCUT2D eigenvalue weighted by molar-refractivity contribution is 0.555. The highest BCUT2D eigenvalue weighted by molar-refractivity contribution is 7.09. The molecule has 0 aliphatic heterocycles. The van der Waals surface area contributed by atoms with Crippen LogP contribution in [0.5, 0.6) is 0 Å². The number of nitrogens with one attached hydrogen (secondary N) is 1. The van der Waals surface area contributed by atoms with Crippen LogP contribution in [-0.4, -0.2) is 18.9 Å². The van der Waals surface area contributed by atoms with Crippen molar-refractivity contribution < 1.29 is 0 Å². The van der Waals surface area contributed by atoms with Gasteiger partial charge in [-0.05, 0) is 24.6 Å². The molecule has 0 bridgehead atoms. The van der Waals surface area contributed by atoms with Gasteiger partial charge in [0.25, 0.3) is 0 Å². The minimum Gasteiger partial charge on any atom is -0.354 e. The number of imidazole rings is 1. The standard InChI is InChI=1S/C17H21N5S/c1-12(19-16-20-15(21-23-16)17(2,3)4)13-6-5-7-14(10-13)22-9-8-18-11-22/h5-12H,1-4H3,(H,19,20,21). The smallest absolute Gasteiger partial charge is 0.203 e. The van der Waals surface area contributed by atoms with Gasteiger partial charge in [0.05, 0.1) is 12.4 Å². The Balaban J connectivity index is 1.77. The molecule has 1 atom stereocenters. The van der Waals surface area contributed by atoms with Crippen LogP contribution in [0.25, 0.3) is 5.69 Å². The van der Waals surface area contributed by atoms with Crippen molar-refractivity contribution in [3.05, 3.63) is 54.4 Å². The third kappa shape index (κ3) is 3.59. The van der Waals surface area contributed by atoms with Crippen LogP contribution in [-0.2, 0) is 5.41 Å². The second-order valence-electron chi connectivity index (χ2n) is 6.60. The fourth-order valence-electron chi connectivity index (χ4n) is 2.22. The van der Waals surface area contributed by atoms with E-state index in [0.717, 1.165) is 16.6 Å². The Labute approximate surface area is 140 Å². The number of benzene rings is 1. The van der Waals surface area contributed by atoms with Gasteiger partial charge in [-0.1, -0.05) is 32.9 Å². The number of anilines is 1. The summed E-state index contributed by atoms with van der Waals surface area (Å²) >= 11 is 1.41. The van der Waals surface area contributed by atoms with Crippen molar-refractivity contribution in [2.24, 2.45) is 0 Å². The Morgan fingerprint density at radius 3 is 2.74 bits per heavy atom. The quantitative estimate of drug-likeness (QED) is 0.780. The van der Waals surface area contributed by atoms with E-state index in [1.807, 2.05) is 10.8 Å². The van der Waals surface area contributed by atoms with E-state index in [9.17, 15) is 0 Å². The largest absolute Gasteiger partial charge is 0.354 e. The van der Waals surface area contributed by atoms with E-state index < -0.39 is 0 Å². The van der Waals surface area contributed by atoms with Crippen molar-refractivity contribution in [3.63, 3.8) is 0 Å². The zero-order chi connectivity index (χ0) is 16.4. The van der Waals surface area contributed by atoms with Crippen LogP contribution >= 0.6 is 11.5 Å². The summed E-state index contributed by atoms with van der Waals surface area (Å²) in [4.78, 5) is 8.70. The fourth-order valence-corrected chi connectivity index (χ4v) is 3.07. The first-order valence-corrected chi connectivity index (χ1v) is 8.40. The predicted molar refractivity (Wildman–Crippen MR) is 94.2 cm³/mol. The van der Waals surface area contributed by atoms with Crippen LogP contribution in [0, 0.1) is 0 Å². The normalized spacial score (nSPS) is 13.0. The first-order chi connectivity index (χ1) is 10.9. The summed E-state index contributed by atoms with van der Waals surface area (Å²) in [5, 5.41) is 4.30. The molecule has 2 aromatic heterocycles. The number of nitrogens with zero attached hydrogens (tertiary/aromatic N) is 4. The average molecular weight is 327 g/mol. The van der Waals surface area contributed by atoms with Crippen molar-refractivity contribution in [1.82, 2.24) is 18.9 Å². The lowest BCUT2D eigenvalue weighted by Gasteiger charge is -2.15. The Morgan fingerprint density at radius 2 is 2.09 bits per heavy atom. The molecule has 23 heavy (non-hydrogen) atoms. The van der Waals surface area contributed by atoms with Crippen molar-refractivity contribution in [3.8, 4) is 5.69 Å². The van der Waals surface area contributed by atoms with Crippen molar-refractivity contribution in [2.45, 2.75) is 39.2 Å². The van der Waals surface area contributed by atoms with E-state index in [0.29, 0.717) is 0 Å². The molecule has 1 unspecified atom stereocenters. The minimum atomic E-state index is -0.0268. The number of aromatic nitrogens is 4. The predicted octanol–water partition coefficient (Wildman–Crippen LogP) is 4.19. The van der Waals surface area contributed by atoms with E-state index in [4.69, 9.17) is 0 Å². The van der Waals surface area contributed by atoms with Crippen LogP contribution < -0.4 is 5.32 Å². The molecule has 5 nitrogen and oxygen atoms in total. The molecule has 0 saturated heterocycles. The Morgan fingerprint density at radius 1 is 1.26 bits per heavy atom. The fraction of sp³-hybridized carbons (Fsp3) is 0.353.